The summed E-state index contributed by atoms with van der Waals surface area (Å²) in [5, 5.41) is 12.0. The highest BCUT2D eigenvalue weighted by Gasteiger charge is 2.29. The number of aromatic amines is 1. The molecule has 3 aromatic rings. The third-order valence-electron chi connectivity index (χ3n) is 5.27. The lowest BCUT2D eigenvalue weighted by molar-refractivity contribution is 0.0478. The molecule has 2 aromatic carbocycles. The number of hydrogen-bond donors (Lipinski definition) is 2. The van der Waals surface area contributed by atoms with Crippen LogP contribution in [0.5, 0.6) is 5.75 Å². The second-order valence-electron chi connectivity index (χ2n) is 6.83. The Bertz CT molecular complexity index is 858. The van der Waals surface area contributed by atoms with Gasteiger partial charge in [-0.2, -0.15) is 0 Å². The maximum atomic E-state index is 10.7. The summed E-state index contributed by atoms with van der Waals surface area (Å²) < 4.78 is 5.32. The van der Waals surface area contributed by atoms with Gasteiger partial charge in [0.2, 0.25) is 0 Å². The maximum absolute atomic E-state index is 10.7. The fourth-order valence-electron chi connectivity index (χ4n) is 3.93. The summed E-state index contributed by atoms with van der Waals surface area (Å²) in [4.78, 5) is 5.62. The molecule has 0 amide bonds. The second kappa shape index (κ2) is 6.90. The molecule has 1 saturated heterocycles. The molecule has 1 aromatic heterocycles. The van der Waals surface area contributed by atoms with Crippen LogP contribution in [0.3, 0.4) is 0 Å². The first-order valence-electron chi connectivity index (χ1n) is 8.84. The number of aromatic nitrogens is 1. The number of benzene rings is 2. The summed E-state index contributed by atoms with van der Waals surface area (Å²) in [6.07, 6.45) is 2.58. The van der Waals surface area contributed by atoms with Crippen LogP contribution in [0.25, 0.3) is 10.9 Å². The molecule has 4 rings (SSSR count). The Morgan fingerprint density at radius 3 is 2.92 bits per heavy atom. The van der Waals surface area contributed by atoms with Gasteiger partial charge in [0.05, 0.1) is 13.2 Å². The molecule has 1 fully saturated rings. The molecule has 130 valence electrons. The molecule has 0 spiro atoms. The Kier molecular flexibility index (Phi) is 4.47. The molecule has 0 unspecified atom stereocenters. The normalized spacial score (nSPS) is 21.5. The maximum Gasteiger partial charge on any atom is 0.119 e. The Morgan fingerprint density at radius 2 is 2.08 bits per heavy atom. The van der Waals surface area contributed by atoms with Gasteiger partial charge < -0.3 is 14.8 Å². The molecule has 4 nitrogen and oxygen atoms in total. The highest BCUT2D eigenvalue weighted by atomic mass is 16.5. The van der Waals surface area contributed by atoms with E-state index in [1.165, 1.54) is 22.0 Å². The first-order chi connectivity index (χ1) is 12.2. The number of piperidine rings is 1. The average Bonchev–Trinajstić information content (AvgIpc) is 3.12. The number of aliphatic hydroxyl groups excluding tert-OH is 1. The summed E-state index contributed by atoms with van der Waals surface area (Å²) in [7, 11) is 1.68. The van der Waals surface area contributed by atoms with E-state index in [2.05, 4.69) is 40.2 Å². The Labute approximate surface area is 148 Å². The predicted octanol–water partition coefficient (Wildman–Crippen LogP) is 3.53. The van der Waals surface area contributed by atoms with Crippen LogP contribution in [0.15, 0.2) is 54.7 Å². The van der Waals surface area contributed by atoms with E-state index in [-0.39, 0.29) is 12.0 Å². The molecule has 0 saturated carbocycles. The van der Waals surface area contributed by atoms with Crippen LogP contribution in [0.1, 0.15) is 23.5 Å². The molecular weight excluding hydrogens is 312 g/mol. The van der Waals surface area contributed by atoms with Crippen molar-refractivity contribution in [1.29, 1.82) is 0 Å². The van der Waals surface area contributed by atoms with Crippen molar-refractivity contribution in [2.24, 2.45) is 0 Å². The molecular formula is C21H24N2O2. The van der Waals surface area contributed by atoms with E-state index >= 15 is 0 Å². The average molecular weight is 336 g/mol. The van der Waals surface area contributed by atoms with Crippen LogP contribution in [0.4, 0.5) is 0 Å². The van der Waals surface area contributed by atoms with Crippen molar-refractivity contribution >= 4 is 10.9 Å². The van der Waals surface area contributed by atoms with E-state index in [9.17, 15) is 5.11 Å². The van der Waals surface area contributed by atoms with E-state index in [1.807, 2.05) is 24.4 Å². The molecule has 4 heteroatoms. The number of likely N-dealkylation sites (tertiary alicyclic amines) is 1. The SMILES string of the molecule is COc1cccc([C@H]2CCN(Cc3cccc4[nH]ccc34)C[C@@H]2O)c1. The smallest absolute Gasteiger partial charge is 0.119 e. The van der Waals surface area contributed by atoms with E-state index in [0.29, 0.717) is 6.54 Å². The lowest BCUT2D eigenvalue weighted by atomic mass is 9.87. The van der Waals surface area contributed by atoms with Gasteiger partial charge in [-0.3, -0.25) is 4.90 Å². The predicted molar refractivity (Wildman–Crippen MR) is 99.9 cm³/mol. The van der Waals surface area contributed by atoms with Crippen molar-refractivity contribution in [2.75, 3.05) is 20.2 Å². The largest absolute Gasteiger partial charge is 0.497 e. The number of methoxy groups -OCH3 is 1. The number of nitrogens with one attached hydrogen (secondary N) is 1. The van der Waals surface area contributed by atoms with Crippen LogP contribution in [-0.4, -0.2) is 41.3 Å². The summed E-state index contributed by atoms with van der Waals surface area (Å²) >= 11 is 0. The topological polar surface area (TPSA) is 48.5 Å². The quantitative estimate of drug-likeness (QED) is 0.766. The fourth-order valence-corrected chi connectivity index (χ4v) is 3.93. The summed E-state index contributed by atoms with van der Waals surface area (Å²) in [6.45, 7) is 2.56. The zero-order chi connectivity index (χ0) is 17.2. The molecule has 2 atom stereocenters. The molecule has 0 bridgehead atoms. The number of rotatable bonds is 4. The van der Waals surface area contributed by atoms with E-state index < -0.39 is 0 Å². The van der Waals surface area contributed by atoms with Gasteiger partial charge in [-0.05, 0) is 48.4 Å². The van der Waals surface area contributed by atoms with Gasteiger partial charge in [0.1, 0.15) is 5.75 Å². The summed E-state index contributed by atoms with van der Waals surface area (Å²) in [6, 6.07) is 16.6. The van der Waals surface area contributed by atoms with Gasteiger partial charge in [-0.25, -0.2) is 0 Å². The van der Waals surface area contributed by atoms with Crippen molar-refractivity contribution in [3.63, 3.8) is 0 Å². The van der Waals surface area contributed by atoms with Crippen LogP contribution >= 0.6 is 0 Å². The lowest BCUT2D eigenvalue weighted by Crippen LogP contribution is -2.42. The van der Waals surface area contributed by atoms with Crippen molar-refractivity contribution in [3.05, 3.63) is 65.9 Å². The minimum absolute atomic E-state index is 0.175. The molecule has 0 aliphatic carbocycles. The monoisotopic (exact) mass is 336 g/mol. The first-order valence-corrected chi connectivity index (χ1v) is 8.84. The molecule has 0 radical (unpaired) electrons. The minimum atomic E-state index is -0.355. The molecule has 1 aliphatic rings. The highest BCUT2D eigenvalue weighted by Crippen LogP contribution is 2.31. The fraction of sp³-hybridized carbons (Fsp3) is 0.333. The minimum Gasteiger partial charge on any atom is -0.497 e. The van der Waals surface area contributed by atoms with Crippen LogP contribution in [0.2, 0.25) is 0 Å². The zero-order valence-corrected chi connectivity index (χ0v) is 14.5. The Balaban J connectivity index is 1.47. The van der Waals surface area contributed by atoms with E-state index in [4.69, 9.17) is 4.74 Å². The van der Waals surface area contributed by atoms with Crippen molar-refractivity contribution in [1.82, 2.24) is 9.88 Å². The summed E-state index contributed by atoms with van der Waals surface area (Å²) in [5.74, 6) is 1.03. The zero-order valence-electron chi connectivity index (χ0n) is 14.5. The number of hydrogen-bond acceptors (Lipinski definition) is 3. The summed E-state index contributed by atoms with van der Waals surface area (Å²) in [5.41, 5.74) is 3.65. The van der Waals surface area contributed by atoms with Gasteiger partial charge in [-0.15, -0.1) is 0 Å². The van der Waals surface area contributed by atoms with Gasteiger partial charge in [0.25, 0.3) is 0 Å². The molecule has 1 aliphatic heterocycles. The Hall–Kier alpha value is -2.30. The van der Waals surface area contributed by atoms with Crippen molar-refractivity contribution < 1.29 is 9.84 Å². The number of H-pyrrole nitrogens is 1. The molecule has 2 heterocycles. The highest BCUT2D eigenvalue weighted by molar-refractivity contribution is 5.82. The number of β-amino-alcohol motifs (C(OH)–C–C–N with tert-alkyl or cyclic N) is 1. The third kappa shape index (κ3) is 3.28. The van der Waals surface area contributed by atoms with E-state index in [1.54, 1.807) is 7.11 Å². The van der Waals surface area contributed by atoms with Gasteiger partial charge in [0.15, 0.2) is 0 Å². The molecule has 25 heavy (non-hydrogen) atoms. The first kappa shape index (κ1) is 16.2. The number of ether oxygens (including phenoxy) is 1. The number of fused-ring (bicyclic) bond motifs is 1. The standard InChI is InChI=1S/C21H24N2O2/c1-25-17-6-2-4-15(12-17)19-9-11-23(14-21(19)24)13-16-5-3-7-20-18(16)8-10-22-20/h2-8,10,12,19,21-22,24H,9,11,13-14H2,1H3/t19-,21+/m1/s1. The van der Waals surface area contributed by atoms with Crippen LogP contribution < -0.4 is 4.74 Å². The van der Waals surface area contributed by atoms with Gasteiger partial charge >= 0.3 is 0 Å². The van der Waals surface area contributed by atoms with Crippen LogP contribution in [-0.2, 0) is 6.54 Å². The van der Waals surface area contributed by atoms with E-state index in [0.717, 1.165) is 25.3 Å². The Morgan fingerprint density at radius 1 is 1.20 bits per heavy atom. The third-order valence-corrected chi connectivity index (χ3v) is 5.27. The number of aliphatic hydroxyl groups is 1. The second-order valence-corrected chi connectivity index (χ2v) is 6.83. The van der Waals surface area contributed by atoms with Crippen LogP contribution in [0, 0.1) is 0 Å². The van der Waals surface area contributed by atoms with Crippen molar-refractivity contribution in [3.8, 4) is 5.75 Å². The van der Waals surface area contributed by atoms with Crippen molar-refractivity contribution in [2.45, 2.75) is 25.0 Å². The number of nitrogens with zero attached hydrogens (tertiary/aromatic N) is 1. The van der Waals surface area contributed by atoms with Gasteiger partial charge in [0, 0.05) is 36.1 Å². The van der Waals surface area contributed by atoms with Gasteiger partial charge in [-0.1, -0.05) is 24.3 Å². The molecule has 2 N–H and O–H groups in total. The lowest BCUT2D eigenvalue weighted by Gasteiger charge is -2.36.